The Kier molecular flexibility index (Phi) is 3.97. The van der Waals surface area contributed by atoms with Gasteiger partial charge in [0.1, 0.15) is 12.4 Å². The van der Waals surface area contributed by atoms with E-state index in [1.165, 1.54) is 0 Å². The van der Waals surface area contributed by atoms with Crippen LogP contribution in [0.15, 0.2) is 42.7 Å². The van der Waals surface area contributed by atoms with E-state index < -0.39 is 7.12 Å². The van der Waals surface area contributed by atoms with Gasteiger partial charge in [0.15, 0.2) is 0 Å². The highest BCUT2D eigenvalue weighted by Gasteiger charge is 2.11. The average molecular weight is 243 g/mol. The third-order valence-corrected chi connectivity index (χ3v) is 2.49. The molecule has 1 aromatic heterocycles. The van der Waals surface area contributed by atoms with Crippen LogP contribution < -0.4 is 10.2 Å². The molecule has 92 valence electrons. The van der Waals surface area contributed by atoms with E-state index in [0.717, 1.165) is 11.1 Å². The fourth-order valence-electron chi connectivity index (χ4n) is 1.63. The Bertz CT molecular complexity index is 531. The summed E-state index contributed by atoms with van der Waals surface area (Å²) in [7, 11) is -1.48. The van der Waals surface area contributed by atoms with Crippen molar-refractivity contribution in [2.24, 2.45) is 0 Å². The number of hydrogen-bond acceptors (Lipinski definition) is 4. The van der Waals surface area contributed by atoms with E-state index in [2.05, 4.69) is 4.98 Å². The topological polar surface area (TPSA) is 62.6 Å². The second kappa shape index (κ2) is 5.66. The van der Waals surface area contributed by atoms with Gasteiger partial charge < -0.3 is 14.8 Å². The Morgan fingerprint density at radius 3 is 2.78 bits per heavy atom. The molecule has 2 rings (SSSR count). The van der Waals surface area contributed by atoms with Gasteiger partial charge in [-0.2, -0.15) is 0 Å². The molecule has 0 unspecified atom stereocenters. The molecule has 18 heavy (non-hydrogen) atoms. The summed E-state index contributed by atoms with van der Waals surface area (Å²) in [5, 5.41) is 18.1. The van der Waals surface area contributed by atoms with Crippen LogP contribution in [0.4, 0.5) is 0 Å². The molecule has 0 saturated carbocycles. The molecule has 1 aromatic carbocycles. The van der Waals surface area contributed by atoms with Gasteiger partial charge in [0, 0.05) is 18.0 Å². The van der Waals surface area contributed by atoms with Crippen LogP contribution in [-0.4, -0.2) is 22.2 Å². The second-order valence-electron chi connectivity index (χ2n) is 4.11. The molecule has 0 aliphatic rings. The van der Waals surface area contributed by atoms with Crippen LogP contribution in [0.25, 0.3) is 0 Å². The second-order valence-corrected chi connectivity index (χ2v) is 4.11. The SMILES string of the molecule is Cc1cncc(COc2cccc(B(O)O)c2)c1. The number of rotatable bonds is 4. The summed E-state index contributed by atoms with van der Waals surface area (Å²) in [5.41, 5.74) is 2.47. The summed E-state index contributed by atoms with van der Waals surface area (Å²) < 4.78 is 5.58. The number of benzene rings is 1. The first-order valence-electron chi connectivity index (χ1n) is 5.64. The van der Waals surface area contributed by atoms with E-state index in [1.807, 2.05) is 13.0 Å². The molecule has 0 aliphatic carbocycles. The lowest BCUT2D eigenvalue weighted by atomic mass is 9.80. The zero-order valence-electron chi connectivity index (χ0n) is 10.1. The molecule has 0 spiro atoms. The molecule has 5 heteroatoms. The number of nitrogens with zero attached hydrogens (tertiary/aromatic N) is 1. The maximum absolute atomic E-state index is 9.06. The molecule has 0 atom stereocenters. The number of aromatic nitrogens is 1. The summed E-state index contributed by atoms with van der Waals surface area (Å²) in [5.74, 6) is 0.599. The lowest BCUT2D eigenvalue weighted by molar-refractivity contribution is 0.305. The predicted octanol–water partition coefficient (Wildman–Crippen LogP) is 0.649. The smallest absolute Gasteiger partial charge is 0.488 e. The Balaban J connectivity index is 2.04. The first kappa shape index (κ1) is 12.6. The molecule has 2 N–H and O–H groups in total. The molecular weight excluding hydrogens is 229 g/mol. The number of ether oxygens (including phenoxy) is 1. The van der Waals surface area contributed by atoms with E-state index >= 15 is 0 Å². The van der Waals surface area contributed by atoms with Crippen LogP contribution in [0, 0.1) is 6.92 Å². The zero-order chi connectivity index (χ0) is 13.0. The minimum absolute atomic E-state index is 0.402. The first-order valence-corrected chi connectivity index (χ1v) is 5.64. The largest absolute Gasteiger partial charge is 0.489 e. The van der Waals surface area contributed by atoms with Crippen molar-refractivity contribution in [1.82, 2.24) is 4.98 Å². The quantitative estimate of drug-likeness (QED) is 0.774. The van der Waals surface area contributed by atoms with Crippen LogP contribution in [-0.2, 0) is 6.61 Å². The summed E-state index contributed by atoms with van der Waals surface area (Å²) in [4.78, 5) is 4.08. The first-order chi connectivity index (χ1) is 8.65. The van der Waals surface area contributed by atoms with Crippen molar-refractivity contribution in [3.05, 3.63) is 53.9 Å². The molecule has 0 radical (unpaired) electrons. The molecule has 0 amide bonds. The third kappa shape index (κ3) is 3.32. The minimum Gasteiger partial charge on any atom is -0.489 e. The highest BCUT2D eigenvalue weighted by Crippen LogP contribution is 2.11. The molecule has 0 aliphatic heterocycles. The molecule has 4 nitrogen and oxygen atoms in total. The van der Waals surface area contributed by atoms with E-state index in [9.17, 15) is 0 Å². The van der Waals surface area contributed by atoms with Gasteiger partial charge in [-0.1, -0.05) is 12.1 Å². The van der Waals surface area contributed by atoms with Gasteiger partial charge in [0.2, 0.25) is 0 Å². The predicted molar refractivity (Wildman–Crippen MR) is 69.6 cm³/mol. The van der Waals surface area contributed by atoms with Crippen molar-refractivity contribution in [3.8, 4) is 5.75 Å². The Hall–Kier alpha value is -1.85. The van der Waals surface area contributed by atoms with Gasteiger partial charge in [0.05, 0.1) is 0 Å². The van der Waals surface area contributed by atoms with Crippen molar-refractivity contribution in [2.45, 2.75) is 13.5 Å². The monoisotopic (exact) mass is 243 g/mol. The minimum atomic E-state index is -1.48. The van der Waals surface area contributed by atoms with E-state index in [4.69, 9.17) is 14.8 Å². The van der Waals surface area contributed by atoms with E-state index in [1.54, 1.807) is 36.7 Å². The Labute approximate surface area is 106 Å². The fraction of sp³-hybridized carbons (Fsp3) is 0.154. The highest BCUT2D eigenvalue weighted by atomic mass is 16.5. The van der Waals surface area contributed by atoms with Crippen LogP contribution in [0.3, 0.4) is 0 Å². The maximum atomic E-state index is 9.06. The standard InChI is InChI=1S/C13H14BNO3/c1-10-5-11(8-15-7-10)9-18-13-4-2-3-12(6-13)14(16)17/h2-8,16-17H,9H2,1H3. The van der Waals surface area contributed by atoms with Crippen molar-refractivity contribution in [1.29, 1.82) is 0 Å². The third-order valence-electron chi connectivity index (χ3n) is 2.49. The summed E-state index contributed by atoms with van der Waals surface area (Å²) in [6.45, 7) is 2.37. The van der Waals surface area contributed by atoms with Crippen molar-refractivity contribution >= 4 is 12.6 Å². The van der Waals surface area contributed by atoms with E-state index in [-0.39, 0.29) is 0 Å². The van der Waals surface area contributed by atoms with E-state index in [0.29, 0.717) is 17.8 Å². The molecule has 1 heterocycles. The Morgan fingerprint density at radius 1 is 1.22 bits per heavy atom. The van der Waals surface area contributed by atoms with Gasteiger partial charge in [-0.15, -0.1) is 0 Å². The van der Waals surface area contributed by atoms with Crippen molar-refractivity contribution < 1.29 is 14.8 Å². The van der Waals surface area contributed by atoms with Crippen LogP contribution in [0.5, 0.6) is 5.75 Å². The van der Waals surface area contributed by atoms with Crippen molar-refractivity contribution in [3.63, 3.8) is 0 Å². The summed E-state index contributed by atoms with van der Waals surface area (Å²) in [6.07, 6.45) is 3.53. The normalized spacial score (nSPS) is 10.2. The van der Waals surface area contributed by atoms with Gasteiger partial charge in [-0.25, -0.2) is 0 Å². The summed E-state index contributed by atoms with van der Waals surface area (Å²) in [6, 6.07) is 8.73. The number of aryl methyl sites for hydroxylation is 1. The van der Waals surface area contributed by atoms with Gasteiger partial charge in [-0.05, 0) is 36.1 Å². The molecule has 0 fully saturated rings. The lowest BCUT2D eigenvalue weighted by Gasteiger charge is -2.08. The lowest BCUT2D eigenvalue weighted by Crippen LogP contribution is -2.29. The van der Waals surface area contributed by atoms with Crippen LogP contribution in [0.2, 0.25) is 0 Å². The Morgan fingerprint density at radius 2 is 2.06 bits per heavy atom. The summed E-state index contributed by atoms with van der Waals surface area (Å²) >= 11 is 0. The van der Waals surface area contributed by atoms with Gasteiger partial charge in [-0.3, -0.25) is 4.98 Å². The van der Waals surface area contributed by atoms with Crippen LogP contribution in [0.1, 0.15) is 11.1 Å². The zero-order valence-corrected chi connectivity index (χ0v) is 10.1. The highest BCUT2D eigenvalue weighted by molar-refractivity contribution is 6.58. The van der Waals surface area contributed by atoms with Gasteiger partial charge in [0.25, 0.3) is 0 Å². The molecule has 2 aromatic rings. The fourth-order valence-corrected chi connectivity index (χ4v) is 1.63. The number of hydrogen-bond donors (Lipinski definition) is 2. The van der Waals surface area contributed by atoms with Crippen molar-refractivity contribution in [2.75, 3.05) is 0 Å². The average Bonchev–Trinajstić information content (AvgIpc) is 2.37. The molecule has 0 saturated heterocycles. The van der Waals surface area contributed by atoms with Crippen LogP contribution >= 0.6 is 0 Å². The molecular formula is C13H14BNO3. The molecule has 0 bridgehead atoms. The maximum Gasteiger partial charge on any atom is 0.488 e. The van der Waals surface area contributed by atoms with Gasteiger partial charge >= 0.3 is 7.12 Å². The number of pyridine rings is 1.